The van der Waals surface area contributed by atoms with E-state index in [4.69, 9.17) is 5.11 Å². The molecule has 4 nitrogen and oxygen atoms in total. The van der Waals surface area contributed by atoms with Crippen molar-refractivity contribution in [2.24, 2.45) is 0 Å². The highest BCUT2D eigenvalue weighted by Gasteiger charge is 2.35. The third-order valence-electron chi connectivity index (χ3n) is 4.04. The Kier molecular flexibility index (Phi) is 4.35. The van der Waals surface area contributed by atoms with Gasteiger partial charge in [-0.2, -0.15) is 0 Å². The van der Waals surface area contributed by atoms with E-state index >= 15 is 0 Å². The smallest absolute Gasteiger partial charge is 0.323 e. The molecule has 1 unspecified atom stereocenters. The second kappa shape index (κ2) is 5.88. The first kappa shape index (κ1) is 15.5. The molecular formula is C17H23NO3. The van der Waals surface area contributed by atoms with Gasteiger partial charge in [0.2, 0.25) is 5.91 Å². The number of carbonyl (C=O) groups excluding carboxylic acids is 1. The van der Waals surface area contributed by atoms with Crippen LogP contribution in [0.5, 0.6) is 0 Å². The van der Waals surface area contributed by atoms with Crippen LogP contribution in [0.25, 0.3) is 0 Å². The molecule has 0 radical (unpaired) electrons. The van der Waals surface area contributed by atoms with Crippen molar-refractivity contribution in [3.8, 4) is 0 Å². The Hall–Kier alpha value is -1.84. The van der Waals surface area contributed by atoms with Crippen molar-refractivity contribution in [1.82, 2.24) is 4.90 Å². The lowest BCUT2D eigenvalue weighted by atomic mass is 9.81. The molecule has 1 amide bonds. The van der Waals surface area contributed by atoms with Gasteiger partial charge in [0.1, 0.15) is 6.54 Å². The first-order chi connectivity index (χ1) is 9.80. The van der Waals surface area contributed by atoms with E-state index in [0.717, 1.165) is 24.8 Å². The lowest BCUT2D eigenvalue weighted by Crippen LogP contribution is -2.50. The number of aliphatic carboxylic acids is 1. The monoisotopic (exact) mass is 289 g/mol. The van der Waals surface area contributed by atoms with E-state index in [0.29, 0.717) is 0 Å². The van der Waals surface area contributed by atoms with Crippen molar-refractivity contribution in [3.63, 3.8) is 0 Å². The maximum Gasteiger partial charge on any atom is 0.323 e. The Morgan fingerprint density at radius 1 is 1.29 bits per heavy atom. The van der Waals surface area contributed by atoms with Gasteiger partial charge in [0, 0.05) is 5.54 Å². The molecule has 0 fully saturated rings. The van der Waals surface area contributed by atoms with Crippen LogP contribution in [0, 0.1) is 0 Å². The van der Waals surface area contributed by atoms with Gasteiger partial charge in [-0.05, 0) is 51.2 Å². The summed E-state index contributed by atoms with van der Waals surface area (Å²) in [5, 5.41) is 9.10. The quantitative estimate of drug-likeness (QED) is 0.931. The number of fused-ring (bicyclic) bond motifs is 1. The first-order valence-electron chi connectivity index (χ1n) is 7.42. The summed E-state index contributed by atoms with van der Waals surface area (Å²) in [5.41, 5.74) is 1.78. The number of hydrogen-bond acceptors (Lipinski definition) is 2. The number of aryl methyl sites for hydroxylation is 1. The molecule has 4 heteroatoms. The van der Waals surface area contributed by atoms with Gasteiger partial charge < -0.3 is 10.0 Å². The van der Waals surface area contributed by atoms with E-state index in [1.807, 2.05) is 39.0 Å². The van der Waals surface area contributed by atoms with Crippen LogP contribution < -0.4 is 0 Å². The van der Waals surface area contributed by atoms with Gasteiger partial charge in [-0.15, -0.1) is 0 Å². The van der Waals surface area contributed by atoms with Crippen molar-refractivity contribution >= 4 is 11.9 Å². The van der Waals surface area contributed by atoms with E-state index in [1.54, 1.807) is 0 Å². The summed E-state index contributed by atoms with van der Waals surface area (Å²) in [6.07, 6.45) is 2.76. The lowest BCUT2D eigenvalue weighted by Gasteiger charge is -2.38. The fraction of sp³-hybridized carbons (Fsp3) is 0.529. The molecule has 0 aliphatic heterocycles. The average molecular weight is 289 g/mol. The minimum Gasteiger partial charge on any atom is -0.480 e. The van der Waals surface area contributed by atoms with Crippen LogP contribution in [0.4, 0.5) is 0 Å². The molecular weight excluding hydrogens is 266 g/mol. The van der Waals surface area contributed by atoms with E-state index in [9.17, 15) is 9.59 Å². The van der Waals surface area contributed by atoms with Gasteiger partial charge in [-0.3, -0.25) is 9.59 Å². The van der Waals surface area contributed by atoms with E-state index in [1.165, 1.54) is 10.5 Å². The molecule has 114 valence electrons. The largest absolute Gasteiger partial charge is 0.480 e. The molecule has 21 heavy (non-hydrogen) atoms. The number of hydrogen-bond donors (Lipinski definition) is 1. The number of carbonyl (C=O) groups is 2. The molecule has 1 aliphatic carbocycles. The first-order valence-corrected chi connectivity index (χ1v) is 7.42. The van der Waals surface area contributed by atoms with Gasteiger partial charge in [-0.25, -0.2) is 0 Å². The van der Waals surface area contributed by atoms with E-state index < -0.39 is 11.5 Å². The van der Waals surface area contributed by atoms with Crippen LogP contribution >= 0.6 is 0 Å². The molecule has 1 aliphatic rings. The summed E-state index contributed by atoms with van der Waals surface area (Å²) in [4.78, 5) is 25.5. The van der Waals surface area contributed by atoms with Crippen LogP contribution in [-0.2, 0) is 16.0 Å². The number of benzene rings is 1. The standard InChI is InChI=1S/C17H23NO3/c1-17(2,3)18(11-15(19)20)16(21)14-10-6-8-12-7-4-5-9-13(12)14/h4-5,7,9,14H,6,8,10-11H2,1-3H3,(H,19,20). The van der Waals surface area contributed by atoms with Gasteiger partial charge >= 0.3 is 5.97 Å². The molecule has 0 spiro atoms. The van der Waals surface area contributed by atoms with Gasteiger partial charge in [0.15, 0.2) is 0 Å². The van der Waals surface area contributed by atoms with Crippen LogP contribution in [0.2, 0.25) is 0 Å². The third-order valence-corrected chi connectivity index (χ3v) is 4.04. The second-order valence-corrected chi connectivity index (χ2v) is 6.63. The molecule has 0 saturated heterocycles. The van der Waals surface area contributed by atoms with Crippen LogP contribution in [0.1, 0.15) is 50.7 Å². The predicted octanol–water partition coefficient (Wildman–Crippen LogP) is 2.82. The van der Waals surface area contributed by atoms with Gasteiger partial charge in [-0.1, -0.05) is 24.3 Å². The molecule has 0 saturated carbocycles. The summed E-state index contributed by atoms with van der Waals surface area (Å²) in [6.45, 7) is 5.38. The molecule has 0 heterocycles. The summed E-state index contributed by atoms with van der Waals surface area (Å²) >= 11 is 0. The Morgan fingerprint density at radius 3 is 2.57 bits per heavy atom. The number of carboxylic acids is 1. The molecule has 0 aromatic heterocycles. The van der Waals surface area contributed by atoms with Crippen molar-refractivity contribution in [2.75, 3.05) is 6.54 Å². The Balaban J connectivity index is 2.32. The molecule has 2 rings (SSSR count). The third kappa shape index (κ3) is 3.43. The van der Waals surface area contributed by atoms with Crippen molar-refractivity contribution in [1.29, 1.82) is 0 Å². The van der Waals surface area contributed by atoms with E-state index in [-0.39, 0.29) is 18.4 Å². The molecule has 1 aromatic carbocycles. The number of rotatable bonds is 3. The number of nitrogens with zero attached hydrogens (tertiary/aromatic N) is 1. The maximum atomic E-state index is 12.9. The minimum atomic E-state index is -0.970. The predicted molar refractivity (Wildman–Crippen MR) is 81.2 cm³/mol. The summed E-state index contributed by atoms with van der Waals surface area (Å²) in [7, 11) is 0. The highest BCUT2D eigenvalue weighted by Crippen LogP contribution is 2.34. The molecule has 1 N–H and O–H groups in total. The zero-order chi connectivity index (χ0) is 15.6. The van der Waals surface area contributed by atoms with Crippen LogP contribution in [0.15, 0.2) is 24.3 Å². The Morgan fingerprint density at radius 2 is 1.95 bits per heavy atom. The topological polar surface area (TPSA) is 57.6 Å². The summed E-state index contributed by atoms with van der Waals surface area (Å²) < 4.78 is 0. The number of carboxylic acid groups (broad SMARTS) is 1. The summed E-state index contributed by atoms with van der Waals surface area (Å²) in [5.74, 6) is -1.26. The summed E-state index contributed by atoms with van der Waals surface area (Å²) in [6, 6.07) is 8.00. The Labute approximate surface area is 125 Å². The fourth-order valence-electron chi connectivity index (χ4n) is 2.98. The Bertz CT molecular complexity index is 545. The lowest BCUT2D eigenvalue weighted by molar-refractivity contribution is -0.149. The maximum absolute atomic E-state index is 12.9. The van der Waals surface area contributed by atoms with Crippen molar-refractivity contribution in [2.45, 2.75) is 51.5 Å². The second-order valence-electron chi connectivity index (χ2n) is 6.63. The van der Waals surface area contributed by atoms with Crippen molar-refractivity contribution < 1.29 is 14.7 Å². The number of amides is 1. The van der Waals surface area contributed by atoms with Crippen molar-refractivity contribution in [3.05, 3.63) is 35.4 Å². The zero-order valence-corrected chi connectivity index (χ0v) is 12.9. The highest BCUT2D eigenvalue weighted by atomic mass is 16.4. The highest BCUT2D eigenvalue weighted by molar-refractivity contribution is 5.88. The fourth-order valence-corrected chi connectivity index (χ4v) is 2.98. The molecule has 1 atom stereocenters. The zero-order valence-electron chi connectivity index (χ0n) is 12.9. The van der Waals surface area contributed by atoms with Gasteiger partial charge in [0.05, 0.1) is 5.92 Å². The van der Waals surface area contributed by atoms with Crippen LogP contribution in [-0.4, -0.2) is 34.0 Å². The van der Waals surface area contributed by atoms with E-state index in [2.05, 4.69) is 6.07 Å². The minimum absolute atomic E-state index is 0.0722. The SMILES string of the molecule is CC(C)(C)N(CC(=O)O)C(=O)C1CCCc2ccccc21. The average Bonchev–Trinajstić information content (AvgIpc) is 2.42. The van der Waals surface area contributed by atoms with Crippen LogP contribution in [0.3, 0.4) is 0 Å². The molecule has 0 bridgehead atoms. The molecule has 1 aromatic rings. The van der Waals surface area contributed by atoms with Gasteiger partial charge in [0.25, 0.3) is 0 Å². The normalized spacial score (nSPS) is 18.0.